The van der Waals surface area contributed by atoms with Crippen LogP contribution in [-0.2, 0) is 0 Å². The summed E-state index contributed by atoms with van der Waals surface area (Å²) < 4.78 is 18.3. The average Bonchev–Trinajstić information content (AvgIpc) is 3.47. The van der Waals surface area contributed by atoms with Gasteiger partial charge in [-0.2, -0.15) is 5.26 Å². The highest BCUT2D eigenvalue weighted by Crippen LogP contribution is 2.38. The smallest absolute Gasteiger partial charge is 0.166 e. The number of nitrogens with zero attached hydrogens (tertiary/aromatic N) is 4. The van der Waals surface area contributed by atoms with Crippen LogP contribution in [0.1, 0.15) is 11.4 Å². The van der Waals surface area contributed by atoms with Crippen molar-refractivity contribution in [1.82, 2.24) is 14.0 Å². The molecule has 0 aliphatic rings. The molecule has 0 aliphatic heterocycles. The number of pyridine rings is 1. The Kier molecular flexibility index (Phi) is 4.01. The lowest BCUT2D eigenvalue weighted by Gasteiger charge is -2.12. The van der Waals surface area contributed by atoms with Crippen molar-refractivity contribution >= 4 is 27.2 Å². The number of phenols is 1. The predicted molar refractivity (Wildman–Crippen MR) is 126 cm³/mol. The quantitative estimate of drug-likeness (QED) is 0.335. The Balaban J connectivity index is 1.66. The van der Waals surface area contributed by atoms with Crippen molar-refractivity contribution in [2.24, 2.45) is 0 Å². The van der Waals surface area contributed by atoms with Gasteiger partial charge in [-0.25, -0.2) is 9.37 Å². The Labute approximate surface area is 188 Å². The van der Waals surface area contributed by atoms with Crippen molar-refractivity contribution in [2.75, 3.05) is 0 Å². The van der Waals surface area contributed by atoms with E-state index in [0.717, 1.165) is 38.9 Å². The summed E-state index contributed by atoms with van der Waals surface area (Å²) in [6.45, 7) is 1.96. The molecule has 5 nitrogen and oxygen atoms in total. The first kappa shape index (κ1) is 19.1. The number of halogens is 1. The van der Waals surface area contributed by atoms with Crippen LogP contribution in [0.2, 0.25) is 0 Å². The van der Waals surface area contributed by atoms with Crippen molar-refractivity contribution < 1.29 is 9.50 Å². The number of phenolic OH excluding ortho intramolecular Hbond substituents is 1. The van der Waals surface area contributed by atoms with Crippen molar-refractivity contribution in [1.29, 1.82) is 5.26 Å². The van der Waals surface area contributed by atoms with E-state index < -0.39 is 11.6 Å². The summed E-state index contributed by atoms with van der Waals surface area (Å²) >= 11 is 0. The van der Waals surface area contributed by atoms with Crippen LogP contribution in [0.15, 0.2) is 79.3 Å². The minimum atomic E-state index is -0.685. The van der Waals surface area contributed by atoms with Crippen LogP contribution >= 0.6 is 0 Å². The van der Waals surface area contributed by atoms with Crippen molar-refractivity contribution in [3.8, 4) is 28.6 Å². The SMILES string of the molecule is Cc1nccn1-c1ccc(-c2ccn3c4cc(F)c(O)cc4c4cc(C#N)ccc4c23)cc1. The first-order valence-corrected chi connectivity index (χ1v) is 10.4. The molecule has 158 valence electrons. The Hall–Kier alpha value is -4.63. The van der Waals surface area contributed by atoms with Crippen LogP contribution in [0.4, 0.5) is 4.39 Å². The van der Waals surface area contributed by atoms with Gasteiger partial charge in [0.2, 0.25) is 0 Å². The topological polar surface area (TPSA) is 66.2 Å². The fourth-order valence-electron chi connectivity index (χ4n) is 4.60. The Morgan fingerprint density at radius 3 is 2.48 bits per heavy atom. The van der Waals surface area contributed by atoms with E-state index in [1.165, 1.54) is 12.1 Å². The molecule has 0 aliphatic carbocycles. The number of aromatic nitrogens is 3. The minimum Gasteiger partial charge on any atom is -0.505 e. The third-order valence-electron chi connectivity index (χ3n) is 6.19. The molecule has 3 heterocycles. The van der Waals surface area contributed by atoms with Gasteiger partial charge in [0.05, 0.1) is 22.7 Å². The zero-order valence-corrected chi connectivity index (χ0v) is 17.6. The third-order valence-corrected chi connectivity index (χ3v) is 6.19. The number of benzene rings is 3. The number of aromatic hydroxyl groups is 1. The molecule has 6 aromatic rings. The van der Waals surface area contributed by atoms with Gasteiger partial charge in [0, 0.05) is 46.7 Å². The lowest BCUT2D eigenvalue weighted by Crippen LogP contribution is -1.95. The zero-order valence-electron chi connectivity index (χ0n) is 17.6. The predicted octanol–water partition coefficient (Wildman–Crippen LogP) is 6.12. The maximum Gasteiger partial charge on any atom is 0.166 e. The number of fused-ring (bicyclic) bond motifs is 6. The van der Waals surface area contributed by atoms with E-state index >= 15 is 0 Å². The standard InChI is InChI=1S/C27H17FN4O/c1-16-30-9-11-31(16)19-5-3-18(4-6-19)20-8-10-32-25-14-24(28)26(33)13-23(25)22-12-17(15-29)2-7-21(22)27(20)32/h2-14,33H,1H3. The van der Waals surface area contributed by atoms with Crippen molar-refractivity contribution in [3.63, 3.8) is 0 Å². The molecule has 0 atom stereocenters. The summed E-state index contributed by atoms with van der Waals surface area (Å²) in [4.78, 5) is 4.29. The number of hydrogen-bond donors (Lipinski definition) is 1. The van der Waals surface area contributed by atoms with Gasteiger partial charge < -0.3 is 14.1 Å². The average molecular weight is 432 g/mol. The Bertz CT molecular complexity index is 1750. The molecule has 0 unspecified atom stereocenters. The second-order valence-corrected chi connectivity index (χ2v) is 8.03. The Morgan fingerprint density at radius 1 is 0.939 bits per heavy atom. The first-order valence-electron chi connectivity index (χ1n) is 10.4. The first-order chi connectivity index (χ1) is 16.0. The fraction of sp³-hybridized carbons (Fsp3) is 0.0370. The van der Waals surface area contributed by atoms with Crippen LogP contribution in [0.25, 0.3) is 44.0 Å². The molecule has 3 aromatic carbocycles. The highest BCUT2D eigenvalue weighted by atomic mass is 19.1. The normalized spacial score (nSPS) is 11.4. The summed E-state index contributed by atoms with van der Waals surface area (Å²) in [5.74, 6) is -0.189. The molecule has 0 radical (unpaired) electrons. The van der Waals surface area contributed by atoms with E-state index in [-0.39, 0.29) is 0 Å². The van der Waals surface area contributed by atoms with E-state index in [9.17, 15) is 14.8 Å². The van der Waals surface area contributed by atoms with Gasteiger partial charge in [-0.1, -0.05) is 18.2 Å². The third kappa shape index (κ3) is 2.80. The minimum absolute atomic E-state index is 0.414. The second kappa shape index (κ2) is 6.94. The van der Waals surface area contributed by atoms with Gasteiger partial charge in [-0.15, -0.1) is 0 Å². The monoisotopic (exact) mass is 432 g/mol. The molecule has 0 amide bonds. The van der Waals surface area contributed by atoms with Crippen LogP contribution in [-0.4, -0.2) is 19.1 Å². The highest BCUT2D eigenvalue weighted by Gasteiger charge is 2.16. The fourth-order valence-corrected chi connectivity index (χ4v) is 4.60. The van der Waals surface area contributed by atoms with Crippen LogP contribution < -0.4 is 0 Å². The number of imidazole rings is 1. The van der Waals surface area contributed by atoms with Crippen LogP contribution in [0.3, 0.4) is 0 Å². The van der Waals surface area contributed by atoms with Gasteiger partial charge in [-0.05, 0) is 54.3 Å². The summed E-state index contributed by atoms with van der Waals surface area (Å²) in [5.41, 5.74) is 5.07. The lowest BCUT2D eigenvalue weighted by molar-refractivity contribution is 0.433. The zero-order chi connectivity index (χ0) is 22.7. The summed E-state index contributed by atoms with van der Waals surface area (Å²) in [6, 6.07) is 20.6. The van der Waals surface area contributed by atoms with Crippen LogP contribution in [0.5, 0.6) is 5.75 Å². The van der Waals surface area contributed by atoms with Gasteiger partial charge >= 0.3 is 0 Å². The highest BCUT2D eigenvalue weighted by molar-refractivity contribution is 6.16. The van der Waals surface area contributed by atoms with Gasteiger partial charge in [-0.3, -0.25) is 0 Å². The molecular weight excluding hydrogens is 415 g/mol. The van der Waals surface area contributed by atoms with Gasteiger partial charge in [0.1, 0.15) is 5.82 Å². The molecule has 1 N–H and O–H groups in total. The second-order valence-electron chi connectivity index (χ2n) is 8.03. The molecule has 0 fully saturated rings. The largest absolute Gasteiger partial charge is 0.505 e. The number of rotatable bonds is 2. The number of aryl methyl sites for hydroxylation is 1. The van der Waals surface area contributed by atoms with Crippen molar-refractivity contribution in [2.45, 2.75) is 6.92 Å². The Morgan fingerprint density at radius 2 is 1.76 bits per heavy atom. The molecule has 0 spiro atoms. The number of hydrogen-bond acceptors (Lipinski definition) is 3. The molecule has 33 heavy (non-hydrogen) atoms. The van der Waals surface area contributed by atoms with E-state index in [1.54, 1.807) is 18.3 Å². The van der Waals surface area contributed by atoms with Gasteiger partial charge in [0.15, 0.2) is 11.6 Å². The van der Waals surface area contributed by atoms with Gasteiger partial charge in [0.25, 0.3) is 0 Å². The maximum absolute atomic E-state index is 14.3. The molecule has 0 saturated heterocycles. The summed E-state index contributed by atoms with van der Waals surface area (Å²) in [5, 5.41) is 21.8. The summed E-state index contributed by atoms with van der Waals surface area (Å²) in [7, 11) is 0. The maximum atomic E-state index is 14.3. The molecule has 0 saturated carbocycles. The van der Waals surface area contributed by atoms with Crippen molar-refractivity contribution in [3.05, 3.63) is 96.5 Å². The van der Waals surface area contributed by atoms with E-state index in [1.807, 2.05) is 52.6 Å². The molecule has 6 rings (SSSR count). The van der Waals surface area contributed by atoms with E-state index in [2.05, 4.69) is 23.2 Å². The molecular formula is C27H17FN4O. The number of nitriles is 1. The molecule has 3 aromatic heterocycles. The lowest BCUT2D eigenvalue weighted by atomic mass is 9.99. The summed E-state index contributed by atoms with van der Waals surface area (Å²) in [6.07, 6.45) is 5.61. The molecule has 6 heteroatoms. The van der Waals surface area contributed by atoms with E-state index in [4.69, 9.17) is 0 Å². The van der Waals surface area contributed by atoms with E-state index in [0.29, 0.717) is 16.5 Å². The van der Waals surface area contributed by atoms with Crippen LogP contribution in [0, 0.1) is 24.1 Å². The molecule has 0 bridgehead atoms.